The first-order valence-electron chi connectivity index (χ1n) is 9.54. The lowest BCUT2D eigenvalue weighted by molar-refractivity contribution is -0.384. The smallest absolute Gasteiger partial charge is 0.269 e. The number of carbonyl (C=O) groups excluding carboxylic acids is 2. The number of nitrogens with zero attached hydrogens (tertiary/aromatic N) is 4. The van der Waals surface area contributed by atoms with E-state index in [4.69, 9.17) is 0 Å². The number of non-ortho nitro benzene ring substituents is 1. The summed E-state index contributed by atoms with van der Waals surface area (Å²) in [5, 5.41) is 16.8. The minimum Gasteiger partial charge on any atom is -0.312 e. The number of nitro benzene ring substituents is 1. The third-order valence-electron chi connectivity index (χ3n) is 5.22. The van der Waals surface area contributed by atoms with E-state index in [-0.39, 0.29) is 30.3 Å². The lowest BCUT2D eigenvalue weighted by atomic mass is 10.1. The normalized spacial score (nSPS) is 15.2. The number of benzene rings is 2. The molecule has 0 radical (unpaired) electrons. The average Bonchev–Trinajstić information content (AvgIpc) is 3.39. The maximum Gasteiger partial charge on any atom is 0.269 e. The van der Waals surface area contributed by atoms with Crippen LogP contribution in [0.15, 0.2) is 53.6 Å². The molecule has 0 spiro atoms. The molecule has 2 aliphatic rings. The first kappa shape index (κ1) is 18.8. The Kier molecular flexibility index (Phi) is 5.07. The third-order valence-corrected chi connectivity index (χ3v) is 5.22. The first-order valence-corrected chi connectivity index (χ1v) is 9.54. The van der Waals surface area contributed by atoms with Crippen molar-refractivity contribution < 1.29 is 14.5 Å². The van der Waals surface area contributed by atoms with Gasteiger partial charge in [0, 0.05) is 43.6 Å². The SMILES string of the molecule is O=C(CCC(=O)N1CCc2cc([N+](=O)[O-])ccc21)N1CCC(c2ccccc2)=N1. The Morgan fingerprint density at radius 1 is 1.00 bits per heavy atom. The van der Waals surface area contributed by atoms with Crippen LogP contribution in [0.2, 0.25) is 0 Å². The fourth-order valence-corrected chi connectivity index (χ4v) is 3.71. The average molecular weight is 392 g/mol. The Hall–Kier alpha value is -3.55. The van der Waals surface area contributed by atoms with Crippen LogP contribution in [0.4, 0.5) is 11.4 Å². The minimum atomic E-state index is -0.441. The van der Waals surface area contributed by atoms with Gasteiger partial charge in [0.2, 0.25) is 11.8 Å². The van der Waals surface area contributed by atoms with Crippen LogP contribution in [0.1, 0.15) is 30.4 Å². The number of anilines is 1. The van der Waals surface area contributed by atoms with Crippen LogP contribution in [0.5, 0.6) is 0 Å². The van der Waals surface area contributed by atoms with Gasteiger partial charge in [-0.05, 0) is 23.6 Å². The van der Waals surface area contributed by atoms with Gasteiger partial charge < -0.3 is 4.90 Å². The fourth-order valence-electron chi connectivity index (χ4n) is 3.71. The molecule has 0 saturated heterocycles. The monoisotopic (exact) mass is 392 g/mol. The van der Waals surface area contributed by atoms with Crippen LogP contribution in [0, 0.1) is 10.1 Å². The van der Waals surface area contributed by atoms with Crippen LogP contribution >= 0.6 is 0 Å². The molecule has 0 fully saturated rings. The second-order valence-electron chi connectivity index (χ2n) is 7.05. The Balaban J connectivity index is 1.36. The van der Waals surface area contributed by atoms with Gasteiger partial charge >= 0.3 is 0 Å². The molecule has 0 aliphatic carbocycles. The molecule has 2 aliphatic heterocycles. The number of nitro groups is 1. The first-order chi connectivity index (χ1) is 14.0. The molecule has 148 valence electrons. The Morgan fingerprint density at radius 2 is 1.76 bits per heavy atom. The summed E-state index contributed by atoms with van der Waals surface area (Å²) in [6.45, 7) is 0.997. The largest absolute Gasteiger partial charge is 0.312 e. The summed E-state index contributed by atoms with van der Waals surface area (Å²) >= 11 is 0. The molecule has 0 atom stereocenters. The Bertz CT molecular complexity index is 1000. The van der Waals surface area contributed by atoms with E-state index in [1.807, 2.05) is 30.3 Å². The molecular formula is C21H20N4O4. The molecule has 29 heavy (non-hydrogen) atoms. The van der Waals surface area contributed by atoms with Crippen molar-refractivity contribution in [2.45, 2.75) is 25.7 Å². The molecule has 2 aromatic carbocycles. The van der Waals surface area contributed by atoms with Crippen LogP contribution in [0.25, 0.3) is 0 Å². The van der Waals surface area contributed by atoms with Gasteiger partial charge in [0.25, 0.3) is 5.69 Å². The maximum absolute atomic E-state index is 12.6. The van der Waals surface area contributed by atoms with E-state index in [1.165, 1.54) is 17.1 Å². The number of amides is 2. The van der Waals surface area contributed by atoms with E-state index >= 15 is 0 Å². The highest BCUT2D eigenvalue weighted by Gasteiger charge is 2.28. The molecule has 4 rings (SSSR count). The van der Waals surface area contributed by atoms with Gasteiger partial charge in [0.1, 0.15) is 0 Å². The highest BCUT2D eigenvalue weighted by Crippen LogP contribution is 2.31. The summed E-state index contributed by atoms with van der Waals surface area (Å²) in [5.41, 5.74) is 3.38. The zero-order valence-corrected chi connectivity index (χ0v) is 15.8. The van der Waals surface area contributed by atoms with Crippen molar-refractivity contribution in [3.63, 3.8) is 0 Å². The van der Waals surface area contributed by atoms with Crippen LogP contribution in [-0.4, -0.2) is 40.5 Å². The number of hydrogen-bond donors (Lipinski definition) is 0. The number of hydrazone groups is 1. The second kappa shape index (κ2) is 7.83. The van der Waals surface area contributed by atoms with Crippen molar-refractivity contribution in [2.75, 3.05) is 18.0 Å². The van der Waals surface area contributed by atoms with Crippen LogP contribution in [-0.2, 0) is 16.0 Å². The third kappa shape index (κ3) is 3.87. The van der Waals surface area contributed by atoms with Crippen molar-refractivity contribution in [1.29, 1.82) is 0 Å². The summed E-state index contributed by atoms with van der Waals surface area (Å²) < 4.78 is 0. The van der Waals surface area contributed by atoms with Gasteiger partial charge in [-0.1, -0.05) is 30.3 Å². The molecule has 0 aromatic heterocycles. The lowest BCUT2D eigenvalue weighted by Crippen LogP contribution is -2.31. The number of carbonyl (C=O) groups is 2. The van der Waals surface area contributed by atoms with Gasteiger partial charge in [0.05, 0.1) is 17.2 Å². The van der Waals surface area contributed by atoms with E-state index in [9.17, 15) is 19.7 Å². The summed E-state index contributed by atoms with van der Waals surface area (Å²) in [6, 6.07) is 14.3. The predicted octanol–water partition coefficient (Wildman–Crippen LogP) is 2.90. The molecular weight excluding hydrogens is 372 g/mol. The van der Waals surface area contributed by atoms with Crippen molar-refractivity contribution in [3.8, 4) is 0 Å². The molecule has 0 saturated carbocycles. The van der Waals surface area contributed by atoms with E-state index in [0.29, 0.717) is 31.6 Å². The molecule has 0 unspecified atom stereocenters. The molecule has 2 heterocycles. The number of hydrogen-bond acceptors (Lipinski definition) is 5. The van der Waals surface area contributed by atoms with Crippen molar-refractivity contribution >= 4 is 28.9 Å². The van der Waals surface area contributed by atoms with Gasteiger partial charge in [-0.15, -0.1) is 0 Å². The summed E-state index contributed by atoms with van der Waals surface area (Å²) in [7, 11) is 0. The maximum atomic E-state index is 12.6. The van der Waals surface area contributed by atoms with Crippen molar-refractivity contribution in [1.82, 2.24) is 5.01 Å². The van der Waals surface area contributed by atoms with Crippen molar-refractivity contribution in [3.05, 3.63) is 69.8 Å². The Labute approximate surface area is 167 Å². The zero-order chi connectivity index (χ0) is 20.4. The van der Waals surface area contributed by atoms with Gasteiger partial charge in [-0.2, -0.15) is 5.10 Å². The number of fused-ring (bicyclic) bond motifs is 1. The van der Waals surface area contributed by atoms with E-state index in [0.717, 1.165) is 16.8 Å². The molecule has 8 heteroatoms. The predicted molar refractivity (Wildman–Crippen MR) is 108 cm³/mol. The Morgan fingerprint density at radius 3 is 2.52 bits per heavy atom. The molecule has 2 aromatic rings. The van der Waals surface area contributed by atoms with Gasteiger partial charge in [-0.3, -0.25) is 19.7 Å². The summed E-state index contributed by atoms with van der Waals surface area (Å²) in [4.78, 5) is 37.2. The second-order valence-corrected chi connectivity index (χ2v) is 7.05. The zero-order valence-electron chi connectivity index (χ0n) is 15.8. The summed E-state index contributed by atoms with van der Waals surface area (Å²) in [6.07, 6.45) is 1.45. The quantitative estimate of drug-likeness (QED) is 0.577. The standard InChI is InChI=1S/C21H20N4O4/c26-20(23-12-10-16-14-17(25(28)29)6-7-19(16)23)8-9-21(27)24-13-11-18(22-24)15-4-2-1-3-5-15/h1-7,14H,8-13H2. The highest BCUT2D eigenvalue weighted by molar-refractivity contribution is 6.03. The lowest BCUT2D eigenvalue weighted by Gasteiger charge is -2.18. The van der Waals surface area contributed by atoms with Gasteiger partial charge in [0.15, 0.2) is 0 Å². The topological polar surface area (TPSA) is 96.1 Å². The van der Waals surface area contributed by atoms with Gasteiger partial charge in [-0.25, -0.2) is 5.01 Å². The van der Waals surface area contributed by atoms with E-state index in [1.54, 1.807) is 11.0 Å². The summed E-state index contributed by atoms with van der Waals surface area (Å²) in [5.74, 6) is -0.329. The van der Waals surface area contributed by atoms with Crippen LogP contribution < -0.4 is 4.90 Å². The molecule has 2 amide bonds. The highest BCUT2D eigenvalue weighted by atomic mass is 16.6. The molecule has 8 nitrogen and oxygen atoms in total. The molecule has 0 N–H and O–H groups in total. The van der Waals surface area contributed by atoms with E-state index in [2.05, 4.69) is 5.10 Å². The molecule has 0 bridgehead atoms. The number of rotatable bonds is 5. The fraction of sp³-hybridized carbons (Fsp3) is 0.286. The van der Waals surface area contributed by atoms with Crippen LogP contribution in [0.3, 0.4) is 0 Å². The minimum absolute atomic E-state index is 0.0225. The van der Waals surface area contributed by atoms with Crippen molar-refractivity contribution in [2.24, 2.45) is 5.10 Å². The van der Waals surface area contributed by atoms with E-state index < -0.39 is 4.92 Å².